The molecule has 2 N–H and O–H groups in total. The van der Waals surface area contributed by atoms with Crippen LogP contribution in [0.25, 0.3) is 0 Å². The van der Waals surface area contributed by atoms with E-state index in [2.05, 4.69) is 10.6 Å². The van der Waals surface area contributed by atoms with E-state index in [0.29, 0.717) is 6.61 Å². The van der Waals surface area contributed by atoms with Gasteiger partial charge in [-0.15, -0.1) is 0 Å². The average molecular weight is 144 g/mol. The van der Waals surface area contributed by atoms with Crippen LogP contribution in [0.2, 0.25) is 0 Å². The Labute approximate surface area is 59.9 Å². The van der Waals surface area contributed by atoms with Crippen molar-refractivity contribution < 1.29 is 9.53 Å². The van der Waals surface area contributed by atoms with Crippen molar-refractivity contribution in [3.8, 4) is 0 Å². The largest absolute Gasteiger partial charge is 0.369 e. The highest BCUT2D eigenvalue weighted by Crippen LogP contribution is 1.91. The lowest BCUT2D eigenvalue weighted by molar-refractivity contribution is -0.131. The Kier molecular flexibility index (Phi) is 2.65. The Morgan fingerprint density at radius 1 is 1.90 bits per heavy atom. The van der Waals surface area contributed by atoms with E-state index in [1.54, 1.807) is 0 Å². The normalized spacial score (nSPS) is 26.1. The van der Waals surface area contributed by atoms with Crippen LogP contribution in [0.4, 0.5) is 0 Å². The summed E-state index contributed by atoms with van der Waals surface area (Å²) in [6, 6.07) is 0.145. The van der Waals surface area contributed by atoms with Crippen molar-refractivity contribution in [3.05, 3.63) is 0 Å². The lowest BCUT2D eigenvalue weighted by Gasteiger charge is -2.22. The molecule has 0 aromatic heterocycles. The monoisotopic (exact) mass is 144 g/mol. The van der Waals surface area contributed by atoms with E-state index in [1.165, 1.54) is 0 Å². The molecule has 0 saturated carbocycles. The lowest BCUT2D eigenvalue weighted by Crippen LogP contribution is -2.49. The van der Waals surface area contributed by atoms with Crippen molar-refractivity contribution in [1.82, 2.24) is 10.6 Å². The molecule has 4 nitrogen and oxygen atoms in total. The van der Waals surface area contributed by atoms with Crippen molar-refractivity contribution in [2.45, 2.75) is 6.04 Å². The SMILES string of the molecule is CNCC1COCC(=O)N1. The maximum absolute atomic E-state index is 10.7. The number of ether oxygens (including phenoxy) is 1. The Hall–Kier alpha value is -0.610. The molecule has 1 fully saturated rings. The van der Waals surface area contributed by atoms with Crippen LogP contribution in [-0.4, -0.2) is 38.8 Å². The molecule has 1 aliphatic rings. The molecule has 0 spiro atoms. The third-order valence-electron chi connectivity index (χ3n) is 1.37. The first-order valence-electron chi connectivity index (χ1n) is 3.34. The molecule has 0 bridgehead atoms. The Morgan fingerprint density at radius 2 is 2.70 bits per heavy atom. The first-order chi connectivity index (χ1) is 4.83. The van der Waals surface area contributed by atoms with Gasteiger partial charge in [-0.1, -0.05) is 0 Å². The quantitative estimate of drug-likeness (QED) is 0.507. The third-order valence-corrected chi connectivity index (χ3v) is 1.37. The van der Waals surface area contributed by atoms with Gasteiger partial charge in [-0.2, -0.15) is 0 Å². The predicted octanol–water partition coefficient (Wildman–Crippen LogP) is -1.28. The van der Waals surface area contributed by atoms with Crippen molar-refractivity contribution in [1.29, 1.82) is 0 Å². The molecule has 1 heterocycles. The minimum absolute atomic E-state index is 0.0218. The molecular formula is C6H12N2O2. The van der Waals surface area contributed by atoms with Crippen LogP contribution >= 0.6 is 0 Å². The predicted molar refractivity (Wildman–Crippen MR) is 36.7 cm³/mol. The fraction of sp³-hybridized carbons (Fsp3) is 0.833. The van der Waals surface area contributed by atoms with Gasteiger partial charge >= 0.3 is 0 Å². The number of hydrogen-bond donors (Lipinski definition) is 2. The Morgan fingerprint density at radius 3 is 3.30 bits per heavy atom. The zero-order chi connectivity index (χ0) is 7.40. The summed E-state index contributed by atoms with van der Waals surface area (Å²) >= 11 is 0. The van der Waals surface area contributed by atoms with Crippen LogP contribution in [0.3, 0.4) is 0 Å². The molecule has 58 valence electrons. The second-order valence-corrected chi connectivity index (χ2v) is 2.34. The van der Waals surface area contributed by atoms with Crippen LogP contribution in [0, 0.1) is 0 Å². The maximum Gasteiger partial charge on any atom is 0.246 e. The van der Waals surface area contributed by atoms with Gasteiger partial charge in [0.05, 0.1) is 12.6 Å². The minimum Gasteiger partial charge on any atom is -0.369 e. The van der Waals surface area contributed by atoms with Crippen molar-refractivity contribution in [2.24, 2.45) is 0 Å². The Balaban J connectivity index is 2.25. The first kappa shape index (κ1) is 7.50. The molecule has 0 aromatic carbocycles. The van der Waals surface area contributed by atoms with Gasteiger partial charge in [-0.25, -0.2) is 0 Å². The molecule has 1 saturated heterocycles. The summed E-state index contributed by atoms with van der Waals surface area (Å²) in [7, 11) is 1.85. The maximum atomic E-state index is 10.7. The smallest absolute Gasteiger partial charge is 0.246 e. The number of likely N-dealkylation sites (N-methyl/N-ethyl adjacent to an activating group) is 1. The Bertz CT molecular complexity index is 125. The molecule has 1 aliphatic heterocycles. The topological polar surface area (TPSA) is 50.4 Å². The van der Waals surface area contributed by atoms with Gasteiger partial charge in [0.2, 0.25) is 5.91 Å². The van der Waals surface area contributed by atoms with Crippen LogP contribution in [0.5, 0.6) is 0 Å². The summed E-state index contributed by atoms with van der Waals surface area (Å²) in [5.41, 5.74) is 0. The van der Waals surface area contributed by atoms with Crippen molar-refractivity contribution in [3.63, 3.8) is 0 Å². The number of carbonyl (C=O) groups is 1. The fourth-order valence-corrected chi connectivity index (χ4v) is 0.961. The van der Waals surface area contributed by atoms with E-state index in [1.807, 2.05) is 7.05 Å². The molecular weight excluding hydrogens is 132 g/mol. The van der Waals surface area contributed by atoms with Gasteiger partial charge in [0.25, 0.3) is 0 Å². The second kappa shape index (κ2) is 3.53. The van der Waals surface area contributed by atoms with Crippen LogP contribution in [-0.2, 0) is 9.53 Å². The van der Waals surface area contributed by atoms with Crippen LogP contribution < -0.4 is 10.6 Å². The summed E-state index contributed by atoms with van der Waals surface area (Å²) in [4.78, 5) is 10.7. The van der Waals surface area contributed by atoms with Gasteiger partial charge in [-0.05, 0) is 7.05 Å². The van der Waals surface area contributed by atoms with Gasteiger partial charge in [0.1, 0.15) is 6.61 Å². The number of hydrogen-bond acceptors (Lipinski definition) is 3. The van der Waals surface area contributed by atoms with Crippen molar-refractivity contribution >= 4 is 5.91 Å². The standard InChI is InChI=1S/C6H12N2O2/c1-7-2-5-3-10-4-6(9)8-5/h5,7H,2-4H2,1H3,(H,8,9). The number of morpholine rings is 1. The van der Waals surface area contributed by atoms with Crippen molar-refractivity contribution in [2.75, 3.05) is 26.8 Å². The van der Waals surface area contributed by atoms with E-state index in [-0.39, 0.29) is 18.6 Å². The first-order valence-corrected chi connectivity index (χ1v) is 3.34. The molecule has 1 unspecified atom stereocenters. The lowest BCUT2D eigenvalue weighted by atomic mass is 10.3. The summed E-state index contributed by atoms with van der Waals surface area (Å²) < 4.78 is 4.99. The van der Waals surface area contributed by atoms with Crippen LogP contribution in [0.15, 0.2) is 0 Å². The van der Waals surface area contributed by atoms with Gasteiger partial charge in [-0.3, -0.25) is 4.79 Å². The molecule has 1 amide bonds. The zero-order valence-corrected chi connectivity index (χ0v) is 6.02. The highest BCUT2D eigenvalue weighted by atomic mass is 16.5. The van der Waals surface area contributed by atoms with E-state index in [4.69, 9.17) is 4.74 Å². The molecule has 0 radical (unpaired) electrons. The van der Waals surface area contributed by atoms with E-state index in [0.717, 1.165) is 6.54 Å². The van der Waals surface area contributed by atoms with E-state index in [9.17, 15) is 4.79 Å². The van der Waals surface area contributed by atoms with Gasteiger partial charge in [0.15, 0.2) is 0 Å². The third kappa shape index (κ3) is 1.97. The highest BCUT2D eigenvalue weighted by molar-refractivity contribution is 5.78. The number of nitrogens with one attached hydrogen (secondary N) is 2. The van der Waals surface area contributed by atoms with Gasteiger partial charge in [0, 0.05) is 6.54 Å². The molecule has 0 aromatic rings. The molecule has 10 heavy (non-hydrogen) atoms. The van der Waals surface area contributed by atoms with E-state index >= 15 is 0 Å². The van der Waals surface area contributed by atoms with Gasteiger partial charge < -0.3 is 15.4 Å². The molecule has 4 heteroatoms. The summed E-state index contributed by atoms with van der Waals surface area (Å²) in [5, 5.41) is 5.75. The summed E-state index contributed by atoms with van der Waals surface area (Å²) in [6.45, 7) is 1.60. The molecule has 1 atom stereocenters. The zero-order valence-electron chi connectivity index (χ0n) is 6.02. The minimum atomic E-state index is -0.0218. The second-order valence-electron chi connectivity index (χ2n) is 2.34. The molecule has 0 aliphatic carbocycles. The fourth-order valence-electron chi connectivity index (χ4n) is 0.961. The summed E-state index contributed by atoms with van der Waals surface area (Å²) in [5.74, 6) is -0.0218. The molecule has 1 rings (SSSR count). The van der Waals surface area contributed by atoms with Crippen LogP contribution in [0.1, 0.15) is 0 Å². The number of carbonyl (C=O) groups excluding carboxylic acids is 1. The highest BCUT2D eigenvalue weighted by Gasteiger charge is 2.16. The van der Waals surface area contributed by atoms with E-state index < -0.39 is 0 Å². The average Bonchev–Trinajstić information content (AvgIpc) is 1.88. The number of amides is 1. The summed E-state index contributed by atoms with van der Waals surface area (Å²) in [6.07, 6.45) is 0. The number of rotatable bonds is 2.